The van der Waals surface area contributed by atoms with Crippen LogP contribution in [0.2, 0.25) is 0 Å². The Morgan fingerprint density at radius 2 is 2.00 bits per heavy atom. The lowest BCUT2D eigenvalue weighted by molar-refractivity contribution is -0.119. The molecule has 7 heteroatoms. The Hall–Kier alpha value is -1.50. The van der Waals surface area contributed by atoms with Crippen LogP contribution in [0.15, 0.2) is 0 Å². The van der Waals surface area contributed by atoms with Crippen molar-refractivity contribution >= 4 is 5.91 Å². The van der Waals surface area contributed by atoms with Gasteiger partial charge in [-0.05, 0) is 55.1 Å². The second-order valence-corrected chi connectivity index (χ2v) is 5.66. The molecule has 1 amide bonds. The topological polar surface area (TPSA) is 89.9 Å². The number of tetrazole rings is 1. The van der Waals surface area contributed by atoms with Crippen molar-refractivity contribution < 1.29 is 4.79 Å². The summed E-state index contributed by atoms with van der Waals surface area (Å²) in [6.07, 6.45) is 4.98. The molecule has 3 rings (SSSR count). The monoisotopic (exact) mass is 264 g/mol. The van der Waals surface area contributed by atoms with E-state index in [1.807, 2.05) is 4.68 Å². The second kappa shape index (κ2) is 5.24. The van der Waals surface area contributed by atoms with Crippen LogP contribution in [0.25, 0.3) is 0 Å². The Labute approximate surface area is 112 Å². The van der Waals surface area contributed by atoms with Crippen molar-refractivity contribution in [2.45, 2.75) is 44.7 Å². The Bertz CT molecular complexity index is 447. The molecular weight excluding hydrogens is 244 g/mol. The predicted octanol–water partition coefficient (Wildman–Crippen LogP) is 0.0954. The van der Waals surface area contributed by atoms with Gasteiger partial charge in [0.15, 0.2) is 5.82 Å². The maximum absolute atomic E-state index is 10.9. The molecule has 1 aromatic heterocycles. The number of rotatable bonds is 5. The van der Waals surface area contributed by atoms with Crippen LogP contribution in [0.3, 0.4) is 0 Å². The molecular formula is C12H20N6O. The number of carbonyl (C=O) groups excluding carboxylic acids is 1. The fourth-order valence-electron chi connectivity index (χ4n) is 2.75. The van der Waals surface area contributed by atoms with Gasteiger partial charge in [-0.25, -0.2) is 4.68 Å². The van der Waals surface area contributed by atoms with Gasteiger partial charge in [-0.1, -0.05) is 0 Å². The SMILES string of the molecule is NC(=O)CC1CCN(Cc2nnnn2C2CC2)CC1. The highest BCUT2D eigenvalue weighted by Gasteiger charge is 2.29. The van der Waals surface area contributed by atoms with E-state index in [2.05, 4.69) is 20.4 Å². The minimum absolute atomic E-state index is 0.184. The third kappa shape index (κ3) is 3.09. The van der Waals surface area contributed by atoms with Gasteiger partial charge < -0.3 is 5.73 Å². The smallest absolute Gasteiger partial charge is 0.217 e. The molecule has 1 aliphatic heterocycles. The van der Waals surface area contributed by atoms with Gasteiger partial charge in [0.05, 0.1) is 12.6 Å². The lowest BCUT2D eigenvalue weighted by Gasteiger charge is -2.30. The summed E-state index contributed by atoms with van der Waals surface area (Å²) in [6, 6.07) is 0.525. The Morgan fingerprint density at radius 1 is 1.26 bits per heavy atom. The second-order valence-electron chi connectivity index (χ2n) is 5.66. The molecule has 1 aliphatic carbocycles. The van der Waals surface area contributed by atoms with E-state index < -0.39 is 0 Å². The summed E-state index contributed by atoms with van der Waals surface area (Å²) in [4.78, 5) is 13.3. The van der Waals surface area contributed by atoms with E-state index in [1.54, 1.807) is 0 Å². The standard InChI is InChI=1S/C12H20N6O/c13-11(19)7-9-3-5-17(6-4-9)8-12-14-15-16-18(12)10-1-2-10/h9-10H,1-8H2,(H2,13,19). The van der Waals surface area contributed by atoms with Crippen LogP contribution in [0, 0.1) is 5.92 Å². The van der Waals surface area contributed by atoms with E-state index in [9.17, 15) is 4.79 Å². The maximum atomic E-state index is 10.9. The molecule has 2 N–H and O–H groups in total. The molecule has 0 spiro atoms. The number of aromatic nitrogens is 4. The highest BCUT2D eigenvalue weighted by Crippen LogP contribution is 2.34. The first-order valence-electron chi connectivity index (χ1n) is 7.00. The number of carbonyl (C=O) groups is 1. The van der Waals surface area contributed by atoms with Gasteiger partial charge in [0.1, 0.15) is 0 Å². The van der Waals surface area contributed by atoms with E-state index in [1.165, 1.54) is 12.8 Å². The van der Waals surface area contributed by atoms with Gasteiger partial charge in [-0.3, -0.25) is 9.69 Å². The minimum atomic E-state index is -0.184. The number of nitrogens with two attached hydrogens (primary N) is 1. The summed E-state index contributed by atoms with van der Waals surface area (Å²) in [7, 11) is 0. The third-order valence-corrected chi connectivity index (χ3v) is 4.02. The number of hydrogen-bond acceptors (Lipinski definition) is 5. The zero-order valence-corrected chi connectivity index (χ0v) is 11.0. The van der Waals surface area contributed by atoms with Gasteiger partial charge in [-0.2, -0.15) is 0 Å². The van der Waals surface area contributed by atoms with E-state index >= 15 is 0 Å². The molecule has 0 unspecified atom stereocenters. The Kier molecular flexibility index (Phi) is 3.46. The largest absolute Gasteiger partial charge is 0.370 e. The lowest BCUT2D eigenvalue weighted by atomic mass is 9.93. The Morgan fingerprint density at radius 3 is 2.63 bits per heavy atom. The lowest BCUT2D eigenvalue weighted by Crippen LogP contribution is -2.35. The molecule has 0 radical (unpaired) electrons. The third-order valence-electron chi connectivity index (χ3n) is 4.02. The molecule has 2 fully saturated rings. The van der Waals surface area contributed by atoms with Crippen molar-refractivity contribution in [3.05, 3.63) is 5.82 Å². The molecule has 1 saturated carbocycles. The van der Waals surface area contributed by atoms with Gasteiger partial charge in [-0.15, -0.1) is 5.10 Å². The normalized spacial score (nSPS) is 21.7. The van der Waals surface area contributed by atoms with Gasteiger partial charge in [0, 0.05) is 6.42 Å². The molecule has 7 nitrogen and oxygen atoms in total. The van der Waals surface area contributed by atoms with Crippen LogP contribution >= 0.6 is 0 Å². The molecule has 19 heavy (non-hydrogen) atoms. The highest BCUT2D eigenvalue weighted by molar-refractivity contribution is 5.73. The highest BCUT2D eigenvalue weighted by atomic mass is 16.1. The summed E-state index contributed by atoms with van der Waals surface area (Å²) < 4.78 is 1.97. The van der Waals surface area contributed by atoms with E-state index in [0.29, 0.717) is 18.4 Å². The van der Waals surface area contributed by atoms with E-state index in [4.69, 9.17) is 5.73 Å². The summed E-state index contributed by atoms with van der Waals surface area (Å²) in [5.74, 6) is 1.24. The number of primary amides is 1. The van der Waals surface area contributed by atoms with Crippen molar-refractivity contribution in [1.82, 2.24) is 25.1 Å². The maximum Gasteiger partial charge on any atom is 0.217 e. The number of amides is 1. The van der Waals surface area contributed by atoms with Crippen molar-refractivity contribution in [3.63, 3.8) is 0 Å². The predicted molar refractivity (Wildman–Crippen MR) is 67.9 cm³/mol. The molecule has 0 atom stereocenters. The first-order valence-corrected chi connectivity index (χ1v) is 7.00. The van der Waals surface area contributed by atoms with Crippen LogP contribution in [-0.4, -0.2) is 44.1 Å². The molecule has 1 saturated heterocycles. The van der Waals surface area contributed by atoms with Crippen LogP contribution in [0.4, 0.5) is 0 Å². The number of nitrogens with zero attached hydrogens (tertiary/aromatic N) is 5. The van der Waals surface area contributed by atoms with Crippen LogP contribution in [0.5, 0.6) is 0 Å². The van der Waals surface area contributed by atoms with Crippen LogP contribution in [0.1, 0.15) is 44.0 Å². The summed E-state index contributed by atoms with van der Waals surface area (Å²) >= 11 is 0. The average molecular weight is 264 g/mol. The molecule has 0 bridgehead atoms. The summed E-state index contributed by atoms with van der Waals surface area (Å²) in [5, 5.41) is 12.0. The zero-order valence-electron chi connectivity index (χ0n) is 11.0. The van der Waals surface area contributed by atoms with Gasteiger partial charge in [0.25, 0.3) is 0 Å². The first kappa shape index (κ1) is 12.5. The molecule has 2 heterocycles. The van der Waals surface area contributed by atoms with Crippen molar-refractivity contribution in [1.29, 1.82) is 0 Å². The van der Waals surface area contributed by atoms with Gasteiger partial charge >= 0.3 is 0 Å². The first-order chi connectivity index (χ1) is 9.22. The molecule has 104 valence electrons. The van der Waals surface area contributed by atoms with Crippen LogP contribution < -0.4 is 5.73 Å². The Balaban J connectivity index is 1.51. The molecule has 1 aromatic rings. The fraction of sp³-hybridized carbons (Fsp3) is 0.833. The number of hydrogen-bond donors (Lipinski definition) is 1. The number of likely N-dealkylation sites (tertiary alicyclic amines) is 1. The molecule has 2 aliphatic rings. The van der Waals surface area contributed by atoms with Crippen molar-refractivity contribution in [2.24, 2.45) is 11.7 Å². The molecule has 0 aromatic carbocycles. The van der Waals surface area contributed by atoms with E-state index in [-0.39, 0.29) is 5.91 Å². The average Bonchev–Trinajstić information content (AvgIpc) is 3.12. The van der Waals surface area contributed by atoms with Crippen molar-refractivity contribution in [3.8, 4) is 0 Å². The number of piperidine rings is 1. The fourth-order valence-corrected chi connectivity index (χ4v) is 2.75. The van der Waals surface area contributed by atoms with Gasteiger partial charge in [0.2, 0.25) is 5.91 Å². The minimum Gasteiger partial charge on any atom is -0.370 e. The van der Waals surface area contributed by atoms with E-state index in [0.717, 1.165) is 38.3 Å². The zero-order chi connectivity index (χ0) is 13.2. The van der Waals surface area contributed by atoms with Crippen LogP contribution in [-0.2, 0) is 11.3 Å². The van der Waals surface area contributed by atoms with Crippen molar-refractivity contribution in [2.75, 3.05) is 13.1 Å². The summed E-state index contributed by atoms with van der Waals surface area (Å²) in [6.45, 7) is 2.80. The quantitative estimate of drug-likeness (QED) is 0.814. The summed E-state index contributed by atoms with van der Waals surface area (Å²) in [5.41, 5.74) is 5.25.